The maximum atomic E-state index is 6.29. The number of nitrogens with one attached hydrogen (secondary N) is 1. The SMILES string of the molecule is CCNC(C1=CCCO1)C1(OCC)CCCCCC1. The van der Waals surface area contributed by atoms with Gasteiger partial charge in [0.25, 0.3) is 0 Å². The molecule has 2 rings (SSSR count). The molecule has 0 saturated heterocycles. The molecule has 110 valence electrons. The van der Waals surface area contributed by atoms with Crippen molar-refractivity contribution >= 4 is 0 Å². The minimum absolute atomic E-state index is 0.0581. The molecule has 1 atom stereocenters. The van der Waals surface area contributed by atoms with E-state index in [4.69, 9.17) is 9.47 Å². The highest BCUT2D eigenvalue weighted by molar-refractivity contribution is 5.15. The van der Waals surface area contributed by atoms with E-state index in [1.165, 1.54) is 25.7 Å². The van der Waals surface area contributed by atoms with Gasteiger partial charge in [0.15, 0.2) is 0 Å². The molecule has 0 bridgehead atoms. The van der Waals surface area contributed by atoms with Gasteiger partial charge in [-0.2, -0.15) is 0 Å². The normalized spacial score (nSPS) is 24.4. The largest absolute Gasteiger partial charge is 0.496 e. The summed E-state index contributed by atoms with van der Waals surface area (Å²) >= 11 is 0. The Bertz CT molecular complexity index is 293. The molecule has 1 fully saturated rings. The second-order valence-corrected chi connectivity index (χ2v) is 5.65. The lowest BCUT2D eigenvalue weighted by molar-refractivity contribution is -0.0773. The summed E-state index contributed by atoms with van der Waals surface area (Å²) in [4.78, 5) is 0. The molecule has 1 N–H and O–H groups in total. The van der Waals surface area contributed by atoms with Crippen LogP contribution in [0.4, 0.5) is 0 Å². The predicted octanol–water partition coefficient (Wildman–Crippen LogP) is 3.40. The van der Waals surface area contributed by atoms with Gasteiger partial charge in [0, 0.05) is 13.0 Å². The van der Waals surface area contributed by atoms with Crippen LogP contribution in [0.25, 0.3) is 0 Å². The topological polar surface area (TPSA) is 30.5 Å². The number of ether oxygens (including phenoxy) is 2. The van der Waals surface area contributed by atoms with Crippen LogP contribution < -0.4 is 5.32 Å². The number of hydrogen-bond acceptors (Lipinski definition) is 3. The zero-order chi connectivity index (χ0) is 13.6. The Morgan fingerprint density at radius 1 is 1.26 bits per heavy atom. The monoisotopic (exact) mass is 267 g/mol. The fourth-order valence-corrected chi connectivity index (χ4v) is 3.52. The molecule has 1 saturated carbocycles. The van der Waals surface area contributed by atoms with Crippen molar-refractivity contribution in [2.75, 3.05) is 19.8 Å². The van der Waals surface area contributed by atoms with Crippen molar-refractivity contribution < 1.29 is 9.47 Å². The van der Waals surface area contributed by atoms with Gasteiger partial charge in [-0.3, -0.25) is 0 Å². The standard InChI is InChI=1S/C16H29NO2/c1-3-17-15(14-10-9-13-18-14)16(19-4-2)11-7-5-6-8-12-16/h10,15,17H,3-9,11-13H2,1-2H3. The third-order valence-corrected chi connectivity index (χ3v) is 4.33. The van der Waals surface area contributed by atoms with Gasteiger partial charge in [0.05, 0.1) is 18.2 Å². The van der Waals surface area contributed by atoms with E-state index >= 15 is 0 Å². The van der Waals surface area contributed by atoms with E-state index in [9.17, 15) is 0 Å². The lowest BCUT2D eigenvalue weighted by Crippen LogP contribution is -2.53. The highest BCUT2D eigenvalue weighted by atomic mass is 16.5. The van der Waals surface area contributed by atoms with Gasteiger partial charge in [-0.05, 0) is 32.4 Å². The van der Waals surface area contributed by atoms with E-state index in [2.05, 4.69) is 25.2 Å². The van der Waals surface area contributed by atoms with Crippen LogP contribution in [0.2, 0.25) is 0 Å². The Kier molecular flexibility index (Phi) is 5.71. The molecular formula is C16H29NO2. The zero-order valence-electron chi connectivity index (χ0n) is 12.5. The molecule has 19 heavy (non-hydrogen) atoms. The van der Waals surface area contributed by atoms with Gasteiger partial charge in [-0.15, -0.1) is 0 Å². The molecule has 3 nitrogen and oxygen atoms in total. The van der Waals surface area contributed by atoms with Crippen molar-refractivity contribution in [3.8, 4) is 0 Å². The highest BCUT2D eigenvalue weighted by Gasteiger charge is 2.42. The smallest absolute Gasteiger partial charge is 0.112 e. The molecule has 0 aromatic carbocycles. The maximum Gasteiger partial charge on any atom is 0.112 e. The minimum atomic E-state index is -0.0581. The van der Waals surface area contributed by atoms with Gasteiger partial charge in [0.1, 0.15) is 5.76 Å². The molecule has 1 aliphatic heterocycles. The van der Waals surface area contributed by atoms with E-state index in [0.29, 0.717) is 0 Å². The van der Waals surface area contributed by atoms with Gasteiger partial charge < -0.3 is 14.8 Å². The molecule has 3 heteroatoms. The first kappa shape index (κ1) is 14.9. The Hall–Kier alpha value is -0.540. The fraction of sp³-hybridized carbons (Fsp3) is 0.875. The van der Waals surface area contributed by atoms with Crippen LogP contribution in [0.1, 0.15) is 58.8 Å². The Balaban J connectivity index is 2.20. The molecule has 0 aromatic rings. The summed E-state index contributed by atoms with van der Waals surface area (Å²) in [6.07, 6.45) is 10.8. The second kappa shape index (κ2) is 7.30. The molecule has 0 aromatic heterocycles. The molecule has 1 heterocycles. The average molecular weight is 267 g/mol. The van der Waals surface area contributed by atoms with Gasteiger partial charge in [-0.1, -0.05) is 32.6 Å². The van der Waals surface area contributed by atoms with Crippen LogP contribution in [0.15, 0.2) is 11.8 Å². The second-order valence-electron chi connectivity index (χ2n) is 5.65. The van der Waals surface area contributed by atoms with Crippen LogP contribution >= 0.6 is 0 Å². The molecule has 0 amide bonds. The van der Waals surface area contributed by atoms with E-state index < -0.39 is 0 Å². The van der Waals surface area contributed by atoms with Crippen molar-refractivity contribution in [3.05, 3.63) is 11.8 Å². The molecular weight excluding hydrogens is 238 g/mol. The molecule has 0 spiro atoms. The fourth-order valence-electron chi connectivity index (χ4n) is 3.52. The Labute approximate surface area is 117 Å². The lowest BCUT2D eigenvalue weighted by Gasteiger charge is -2.40. The maximum absolute atomic E-state index is 6.29. The third kappa shape index (κ3) is 3.51. The lowest BCUT2D eigenvalue weighted by atomic mass is 9.84. The molecule has 2 aliphatic rings. The average Bonchev–Trinajstić information content (AvgIpc) is 2.83. The highest BCUT2D eigenvalue weighted by Crippen LogP contribution is 2.37. The van der Waals surface area contributed by atoms with Crippen molar-refractivity contribution in [1.82, 2.24) is 5.32 Å². The van der Waals surface area contributed by atoms with Gasteiger partial charge in [-0.25, -0.2) is 0 Å². The quantitative estimate of drug-likeness (QED) is 0.748. The summed E-state index contributed by atoms with van der Waals surface area (Å²) < 4.78 is 12.1. The number of hydrogen-bond donors (Lipinski definition) is 1. The summed E-state index contributed by atoms with van der Waals surface area (Å²) in [5.41, 5.74) is -0.0581. The van der Waals surface area contributed by atoms with Crippen molar-refractivity contribution in [3.63, 3.8) is 0 Å². The van der Waals surface area contributed by atoms with Crippen LogP contribution in [0, 0.1) is 0 Å². The van der Waals surface area contributed by atoms with Crippen LogP contribution in [-0.2, 0) is 9.47 Å². The predicted molar refractivity (Wildman–Crippen MR) is 78.2 cm³/mol. The summed E-state index contributed by atoms with van der Waals surface area (Å²) in [6, 6.07) is 0.234. The van der Waals surface area contributed by atoms with Crippen molar-refractivity contribution in [2.45, 2.75) is 70.4 Å². The van der Waals surface area contributed by atoms with Crippen LogP contribution in [0.3, 0.4) is 0 Å². The first-order valence-corrected chi connectivity index (χ1v) is 8.02. The number of likely N-dealkylation sites (N-methyl/N-ethyl adjacent to an activating group) is 1. The van der Waals surface area contributed by atoms with E-state index in [1.807, 2.05) is 0 Å². The van der Waals surface area contributed by atoms with Gasteiger partial charge in [0.2, 0.25) is 0 Å². The van der Waals surface area contributed by atoms with E-state index in [-0.39, 0.29) is 11.6 Å². The molecule has 1 aliphatic carbocycles. The van der Waals surface area contributed by atoms with Gasteiger partial charge >= 0.3 is 0 Å². The van der Waals surface area contributed by atoms with Crippen molar-refractivity contribution in [2.24, 2.45) is 0 Å². The summed E-state index contributed by atoms with van der Waals surface area (Å²) in [7, 11) is 0. The minimum Gasteiger partial charge on any atom is -0.496 e. The molecule has 0 radical (unpaired) electrons. The Morgan fingerprint density at radius 2 is 2.00 bits per heavy atom. The molecule has 1 unspecified atom stereocenters. The van der Waals surface area contributed by atoms with E-state index in [1.54, 1.807) is 0 Å². The number of rotatable bonds is 6. The van der Waals surface area contributed by atoms with E-state index in [0.717, 1.165) is 44.8 Å². The third-order valence-electron chi connectivity index (χ3n) is 4.33. The summed E-state index contributed by atoms with van der Waals surface area (Å²) in [5.74, 6) is 1.12. The summed E-state index contributed by atoms with van der Waals surface area (Å²) in [6.45, 7) is 6.85. The van der Waals surface area contributed by atoms with Crippen LogP contribution in [-0.4, -0.2) is 31.4 Å². The first-order valence-electron chi connectivity index (χ1n) is 8.02. The Morgan fingerprint density at radius 3 is 2.53 bits per heavy atom. The zero-order valence-corrected chi connectivity index (χ0v) is 12.5. The van der Waals surface area contributed by atoms with Crippen molar-refractivity contribution in [1.29, 1.82) is 0 Å². The summed E-state index contributed by atoms with van der Waals surface area (Å²) in [5, 5.41) is 3.63. The first-order chi connectivity index (χ1) is 9.32. The van der Waals surface area contributed by atoms with Crippen LogP contribution in [0.5, 0.6) is 0 Å².